The quantitative estimate of drug-likeness (QED) is 0.675. The Balaban J connectivity index is 2.32. The van der Waals surface area contributed by atoms with Gasteiger partial charge in [0.1, 0.15) is 5.69 Å². The van der Waals surface area contributed by atoms with Crippen molar-refractivity contribution in [3.8, 4) is 12.3 Å². The number of rotatable bonds is 1. The Labute approximate surface area is 104 Å². The highest BCUT2D eigenvalue weighted by atomic mass is 15.3. The zero-order valence-electron chi connectivity index (χ0n) is 11.3. The minimum Gasteiger partial charge on any atom is -0.251 e. The van der Waals surface area contributed by atoms with E-state index in [1.54, 1.807) is 0 Å². The van der Waals surface area contributed by atoms with Gasteiger partial charge >= 0.3 is 0 Å². The molecular formula is C15H22N2. The Kier molecular flexibility index (Phi) is 3.03. The van der Waals surface area contributed by atoms with E-state index in [1.165, 1.54) is 25.0 Å². The lowest BCUT2D eigenvalue weighted by Crippen LogP contribution is -2.24. The maximum atomic E-state index is 5.58. The van der Waals surface area contributed by atoms with Gasteiger partial charge in [0.05, 0.1) is 11.2 Å². The molecule has 0 radical (unpaired) electrons. The SMILES string of the molecule is C#Cc1cc([C@H]2CC[C@@H](C)C2)nn1C(C)(C)C. The smallest absolute Gasteiger partial charge is 0.111 e. The zero-order chi connectivity index (χ0) is 12.6. The molecule has 0 spiro atoms. The summed E-state index contributed by atoms with van der Waals surface area (Å²) in [5.41, 5.74) is 2.06. The van der Waals surface area contributed by atoms with E-state index in [1.807, 2.05) is 4.68 Å². The van der Waals surface area contributed by atoms with Crippen molar-refractivity contribution >= 4 is 0 Å². The molecule has 1 heterocycles. The molecule has 1 aliphatic rings. The van der Waals surface area contributed by atoms with E-state index in [0.717, 1.165) is 11.6 Å². The van der Waals surface area contributed by atoms with Crippen LogP contribution in [0.25, 0.3) is 0 Å². The molecule has 1 fully saturated rings. The Morgan fingerprint density at radius 1 is 1.41 bits per heavy atom. The number of terminal acetylenes is 1. The van der Waals surface area contributed by atoms with Gasteiger partial charge in [0.2, 0.25) is 0 Å². The fourth-order valence-electron chi connectivity index (χ4n) is 2.69. The Morgan fingerprint density at radius 2 is 2.12 bits per heavy atom. The fraction of sp³-hybridized carbons (Fsp3) is 0.667. The molecule has 0 aromatic carbocycles. The molecule has 92 valence electrons. The van der Waals surface area contributed by atoms with Crippen molar-refractivity contribution in [1.29, 1.82) is 0 Å². The number of nitrogens with zero attached hydrogens (tertiary/aromatic N) is 2. The van der Waals surface area contributed by atoms with E-state index in [4.69, 9.17) is 11.5 Å². The summed E-state index contributed by atoms with van der Waals surface area (Å²) in [6, 6.07) is 2.11. The molecule has 1 aromatic rings. The second kappa shape index (κ2) is 4.22. The van der Waals surface area contributed by atoms with Gasteiger partial charge in [0.15, 0.2) is 0 Å². The largest absolute Gasteiger partial charge is 0.251 e. The lowest BCUT2D eigenvalue weighted by molar-refractivity contribution is 0.348. The summed E-state index contributed by atoms with van der Waals surface area (Å²) in [7, 11) is 0. The highest BCUT2D eigenvalue weighted by Crippen LogP contribution is 2.37. The minimum absolute atomic E-state index is 0.0375. The average molecular weight is 230 g/mol. The summed E-state index contributed by atoms with van der Waals surface area (Å²) in [5.74, 6) is 4.20. The monoisotopic (exact) mass is 230 g/mol. The van der Waals surface area contributed by atoms with Crippen molar-refractivity contribution < 1.29 is 0 Å². The standard InChI is InChI=1S/C15H22N2/c1-6-13-10-14(12-8-7-11(2)9-12)16-17(13)15(3,4)5/h1,10-12H,7-9H2,2-5H3/t11-,12+/m1/s1. The maximum absolute atomic E-state index is 5.58. The van der Waals surface area contributed by atoms with Crippen molar-refractivity contribution in [1.82, 2.24) is 9.78 Å². The molecular weight excluding hydrogens is 208 g/mol. The van der Waals surface area contributed by atoms with E-state index in [2.05, 4.69) is 39.7 Å². The van der Waals surface area contributed by atoms with Crippen molar-refractivity contribution in [2.45, 2.75) is 58.4 Å². The fourth-order valence-corrected chi connectivity index (χ4v) is 2.69. The molecule has 0 saturated heterocycles. The molecule has 2 rings (SSSR count). The van der Waals surface area contributed by atoms with E-state index in [-0.39, 0.29) is 5.54 Å². The summed E-state index contributed by atoms with van der Waals surface area (Å²) in [5, 5.41) is 4.74. The van der Waals surface area contributed by atoms with Gasteiger partial charge in [0, 0.05) is 5.92 Å². The van der Waals surface area contributed by atoms with Gasteiger partial charge in [-0.05, 0) is 45.6 Å². The molecule has 2 nitrogen and oxygen atoms in total. The molecule has 1 aromatic heterocycles. The average Bonchev–Trinajstić information content (AvgIpc) is 2.81. The van der Waals surface area contributed by atoms with Crippen LogP contribution < -0.4 is 0 Å². The van der Waals surface area contributed by atoms with Crippen LogP contribution in [0.1, 0.15) is 64.3 Å². The maximum Gasteiger partial charge on any atom is 0.111 e. The van der Waals surface area contributed by atoms with Crippen molar-refractivity contribution in [3.63, 3.8) is 0 Å². The Hall–Kier alpha value is -1.23. The summed E-state index contributed by atoms with van der Waals surface area (Å²) in [6.45, 7) is 8.74. The van der Waals surface area contributed by atoms with Gasteiger partial charge in [-0.15, -0.1) is 6.42 Å². The summed E-state index contributed by atoms with van der Waals surface area (Å²) < 4.78 is 1.99. The topological polar surface area (TPSA) is 17.8 Å². The van der Waals surface area contributed by atoms with Crippen LogP contribution in [0, 0.1) is 18.3 Å². The second-order valence-corrected chi connectivity index (χ2v) is 6.30. The Bertz CT molecular complexity index is 442. The summed E-state index contributed by atoms with van der Waals surface area (Å²) in [4.78, 5) is 0. The summed E-state index contributed by atoms with van der Waals surface area (Å²) >= 11 is 0. The highest BCUT2D eigenvalue weighted by Gasteiger charge is 2.27. The molecule has 1 aliphatic carbocycles. The van der Waals surface area contributed by atoms with Crippen LogP contribution in [0.2, 0.25) is 0 Å². The predicted molar refractivity (Wildman–Crippen MR) is 70.9 cm³/mol. The van der Waals surface area contributed by atoms with Crippen LogP contribution >= 0.6 is 0 Å². The van der Waals surface area contributed by atoms with Crippen LogP contribution in [-0.2, 0) is 5.54 Å². The van der Waals surface area contributed by atoms with Crippen LogP contribution in [0.15, 0.2) is 6.07 Å². The summed E-state index contributed by atoms with van der Waals surface area (Å²) in [6.07, 6.45) is 9.41. The third kappa shape index (κ3) is 2.39. The van der Waals surface area contributed by atoms with Crippen molar-refractivity contribution in [2.75, 3.05) is 0 Å². The number of hydrogen-bond acceptors (Lipinski definition) is 1. The van der Waals surface area contributed by atoms with Gasteiger partial charge in [-0.3, -0.25) is 4.68 Å². The molecule has 0 aliphatic heterocycles. The molecule has 17 heavy (non-hydrogen) atoms. The van der Waals surface area contributed by atoms with Gasteiger partial charge < -0.3 is 0 Å². The molecule has 0 unspecified atom stereocenters. The van der Waals surface area contributed by atoms with Crippen LogP contribution in [-0.4, -0.2) is 9.78 Å². The molecule has 0 amide bonds. The van der Waals surface area contributed by atoms with E-state index >= 15 is 0 Å². The molecule has 1 saturated carbocycles. The molecule has 0 N–H and O–H groups in total. The first-order valence-electron chi connectivity index (χ1n) is 6.49. The van der Waals surface area contributed by atoms with E-state index < -0.39 is 0 Å². The van der Waals surface area contributed by atoms with Gasteiger partial charge in [0.25, 0.3) is 0 Å². The predicted octanol–water partition coefficient (Wildman–Crippen LogP) is 3.52. The first-order valence-corrected chi connectivity index (χ1v) is 6.49. The highest BCUT2D eigenvalue weighted by molar-refractivity contribution is 5.29. The third-order valence-corrected chi connectivity index (χ3v) is 3.62. The molecule has 2 heteroatoms. The van der Waals surface area contributed by atoms with Crippen molar-refractivity contribution in [2.24, 2.45) is 5.92 Å². The normalized spacial score (nSPS) is 24.9. The number of aromatic nitrogens is 2. The van der Waals surface area contributed by atoms with Gasteiger partial charge in [-0.1, -0.05) is 19.3 Å². The molecule has 2 atom stereocenters. The second-order valence-electron chi connectivity index (χ2n) is 6.30. The van der Waals surface area contributed by atoms with Crippen LogP contribution in [0.3, 0.4) is 0 Å². The van der Waals surface area contributed by atoms with Crippen LogP contribution in [0.5, 0.6) is 0 Å². The lowest BCUT2D eigenvalue weighted by Gasteiger charge is -2.20. The van der Waals surface area contributed by atoms with Crippen molar-refractivity contribution in [3.05, 3.63) is 17.5 Å². The minimum atomic E-state index is -0.0375. The number of hydrogen-bond donors (Lipinski definition) is 0. The van der Waals surface area contributed by atoms with E-state index in [9.17, 15) is 0 Å². The first kappa shape index (κ1) is 12.2. The van der Waals surface area contributed by atoms with Gasteiger partial charge in [-0.25, -0.2) is 0 Å². The van der Waals surface area contributed by atoms with E-state index in [0.29, 0.717) is 5.92 Å². The van der Waals surface area contributed by atoms with Crippen LogP contribution in [0.4, 0.5) is 0 Å². The Morgan fingerprint density at radius 3 is 2.53 bits per heavy atom. The zero-order valence-corrected chi connectivity index (χ0v) is 11.3. The third-order valence-electron chi connectivity index (χ3n) is 3.62. The lowest BCUT2D eigenvalue weighted by atomic mass is 10.0. The molecule has 0 bridgehead atoms. The van der Waals surface area contributed by atoms with Gasteiger partial charge in [-0.2, -0.15) is 5.10 Å². The first-order chi connectivity index (χ1) is 7.91.